The molecule has 0 heterocycles. The molecule has 2 amide bonds. The van der Waals surface area contributed by atoms with Crippen LogP contribution in [-0.4, -0.2) is 24.5 Å². The summed E-state index contributed by atoms with van der Waals surface area (Å²) in [6.45, 7) is 8.24. The van der Waals surface area contributed by atoms with E-state index >= 15 is 0 Å². The minimum absolute atomic E-state index is 0.206. The van der Waals surface area contributed by atoms with Crippen molar-refractivity contribution in [3.8, 4) is 5.75 Å². The summed E-state index contributed by atoms with van der Waals surface area (Å²) in [5.41, 5.74) is 1.86. The van der Waals surface area contributed by atoms with Crippen molar-refractivity contribution in [1.29, 1.82) is 0 Å². The van der Waals surface area contributed by atoms with Gasteiger partial charge in [0, 0.05) is 6.54 Å². The number of hydrogen-bond donors (Lipinski definition) is 2. The van der Waals surface area contributed by atoms with Crippen LogP contribution in [0.2, 0.25) is 0 Å². The highest BCUT2D eigenvalue weighted by Crippen LogP contribution is 2.19. The summed E-state index contributed by atoms with van der Waals surface area (Å²) in [5, 5.41) is 5.66. The minimum Gasteiger partial charge on any atom is -0.481 e. The normalized spacial score (nSPS) is 11.7. The largest absolute Gasteiger partial charge is 0.481 e. The predicted molar refractivity (Wildman–Crippen MR) is 104 cm³/mol. The van der Waals surface area contributed by atoms with Gasteiger partial charge in [-0.3, -0.25) is 9.59 Å². The van der Waals surface area contributed by atoms with Crippen LogP contribution in [0.1, 0.15) is 36.7 Å². The molecule has 0 saturated heterocycles. The van der Waals surface area contributed by atoms with Crippen molar-refractivity contribution in [1.82, 2.24) is 5.32 Å². The summed E-state index contributed by atoms with van der Waals surface area (Å²) >= 11 is 0. The lowest BCUT2D eigenvalue weighted by Crippen LogP contribution is -2.32. The molecule has 138 valence electrons. The SMILES string of the molecule is Cc1ccccc1O[C@H](C)C(=O)Nc1ccccc1C(=O)NCC(C)C. The Balaban J connectivity index is 2.06. The Morgan fingerprint density at radius 1 is 1.00 bits per heavy atom. The lowest BCUT2D eigenvalue weighted by molar-refractivity contribution is -0.122. The van der Waals surface area contributed by atoms with Gasteiger partial charge in [0.2, 0.25) is 0 Å². The maximum Gasteiger partial charge on any atom is 0.265 e. The molecule has 0 spiro atoms. The fourth-order valence-electron chi connectivity index (χ4n) is 2.35. The second-order valence-corrected chi connectivity index (χ2v) is 6.66. The van der Waals surface area contributed by atoms with Crippen molar-refractivity contribution < 1.29 is 14.3 Å². The van der Waals surface area contributed by atoms with Gasteiger partial charge in [-0.1, -0.05) is 44.2 Å². The second kappa shape index (κ2) is 9.04. The molecule has 0 radical (unpaired) electrons. The van der Waals surface area contributed by atoms with Crippen LogP contribution < -0.4 is 15.4 Å². The van der Waals surface area contributed by atoms with Crippen LogP contribution in [0.5, 0.6) is 5.75 Å². The number of para-hydroxylation sites is 2. The molecule has 2 aromatic carbocycles. The highest BCUT2D eigenvalue weighted by Gasteiger charge is 2.19. The average Bonchev–Trinajstić information content (AvgIpc) is 2.62. The zero-order chi connectivity index (χ0) is 19.1. The molecule has 0 aromatic heterocycles. The van der Waals surface area contributed by atoms with Gasteiger partial charge in [0.05, 0.1) is 11.3 Å². The molecule has 2 aromatic rings. The highest BCUT2D eigenvalue weighted by molar-refractivity contribution is 6.04. The zero-order valence-corrected chi connectivity index (χ0v) is 15.7. The van der Waals surface area contributed by atoms with Crippen molar-refractivity contribution >= 4 is 17.5 Å². The molecule has 2 N–H and O–H groups in total. The lowest BCUT2D eigenvalue weighted by Gasteiger charge is -2.17. The summed E-state index contributed by atoms with van der Waals surface area (Å²) in [7, 11) is 0. The van der Waals surface area contributed by atoms with Crippen LogP contribution >= 0.6 is 0 Å². The first-order valence-corrected chi connectivity index (χ1v) is 8.79. The van der Waals surface area contributed by atoms with Gasteiger partial charge in [0.15, 0.2) is 6.10 Å². The zero-order valence-electron chi connectivity index (χ0n) is 15.7. The molecule has 0 fully saturated rings. The van der Waals surface area contributed by atoms with Crippen LogP contribution in [0, 0.1) is 12.8 Å². The Labute approximate surface area is 154 Å². The molecule has 0 unspecified atom stereocenters. The number of nitrogens with one attached hydrogen (secondary N) is 2. The molecule has 0 aliphatic rings. The number of hydrogen-bond acceptors (Lipinski definition) is 3. The van der Waals surface area contributed by atoms with E-state index in [0.29, 0.717) is 29.5 Å². The first kappa shape index (κ1) is 19.5. The molecule has 2 rings (SSSR count). The number of carbonyl (C=O) groups is 2. The van der Waals surface area contributed by atoms with E-state index in [9.17, 15) is 9.59 Å². The highest BCUT2D eigenvalue weighted by atomic mass is 16.5. The van der Waals surface area contributed by atoms with E-state index in [1.807, 2.05) is 45.0 Å². The van der Waals surface area contributed by atoms with Gasteiger partial charge >= 0.3 is 0 Å². The number of aryl methyl sites for hydroxylation is 1. The monoisotopic (exact) mass is 354 g/mol. The van der Waals surface area contributed by atoms with Gasteiger partial charge in [-0.05, 0) is 43.5 Å². The summed E-state index contributed by atoms with van der Waals surface area (Å²) in [4.78, 5) is 24.9. The number of carbonyl (C=O) groups excluding carboxylic acids is 2. The lowest BCUT2D eigenvalue weighted by atomic mass is 10.1. The summed E-state index contributed by atoms with van der Waals surface area (Å²) in [6, 6.07) is 14.5. The van der Waals surface area contributed by atoms with Crippen LogP contribution in [0.3, 0.4) is 0 Å². The van der Waals surface area contributed by atoms with Gasteiger partial charge in [-0.15, -0.1) is 0 Å². The number of amides is 2. The third-order valence-electron chi connectivity index (χ3n) is 3.87. The van der Waals surface area contributed by atoms with E-state index < -0.39 is 6.10 Å². The Kier molecular flexibility index (Phi) is 6.78. The fraction of sp³-hybridized carbons (Fsp3) is 0.333. The molecule has 0 bridgehead atoms. The molecule has 0 aliphatic heterocycles. The van der Waals surface area contributed by atoms with Crippen molar-refractivity contribution in [2.75, 3.05) is 11.9 Å². The molecule has 5 heteroatoms. The molecule has 0 aliphatic carbocycles. The number of anilines is 1. The molecule has 0 saturated carbocycles. The molecular formula is C21H26N2O3. The van der Waals surface area contributed by atoms with E-state index in [4.69, 9.17) is 4.74 Å². The van der Waals surface area contributed by atoms with Gasteiger partial charge < -0.3 is 15.4 Å². The third-order valence-corrected chi connectivity index (χ3v) is 3.87. The van der Waals surface area contributed by atoms with Crippen LogP contribution in [0.15, 0.2) is 48.5 Å². The average molecular weight is 354 g/mol. The first-order valence-electron chi connectivity index (χ1n) is 8.79. The standard InChI is InChI=1S/C21H26N2O3/c1-14(2)13-22-21(25)17-10-6-7-11-18(17)23-20(24)16(4)26-19-12-8-5-9-15(19)3/h5-12,14,16H,13H2,1-4H3,(H,22,25)(H,23,24)/t16-/m1/s1. The topological polar surface area (TPSA) is 67.4 Å². The van der Waals surface area contributed by atoms with E-state index in [0.717, 1.165) is 5.56 Å². The third kappa shape index (κ3) is 5.34. The maximum absolute atomic E-state index is 12.5. The Morgan fingerprint density at radius 3 is 2.35 bits per heavy atom. The van der Waals surface area contributed by atoms with Crippen molar-refractivity contribution in [3.05, 3.63) is 59.7 Å². The minimum atomic E-state index is -0.692. The molecule has 1 atom stereocenters. The fourth-order valence-corrected chi connectivity index (χ4v) is 2.35. The van der Waals surface area contributed by atoms with Gasteiger partial charge in [0.25, 0.3) is 11.8 Å². The molecule has 5 nitrogen and oxygen atoms in total. The van der Waals surface area contributed by atoms with Gasteiger partial charge in [0.1, 0.15) is 5.75 Å². The summed E-state index contributed by atoms with van der Waals surface area (Å²) < 4.78 is 5.75. The smallest absolute Gasteiger partial charge is 0.265 e. The Hall–Kier alpha value is -2.82. The quantitative estimate of drug-likeness (QED) is 0.795. The number of benzene rings is 2. The first-order chi connectivity index (χ1) is 12.4. The van der Waals surface area contributed by atoms with Crippen molar-refractivity contribution in [3.63, 3.8) is 0 Å². The van der Waals surface area contributed by atoms with E-state index in [-0.39, 0.29) is 11.8 Å². The molecular weight excluding hydrogens is 328 g/mol. The predicted octanol–water partition coefficient (Wildman–Crippen LogP) is 3.79. The van der Waals surface area contributed by atoms with E-state index in [1.54, 1.807) is 31.2 Å². The maximum atomic E-state index is 12.5. The number of rotatable bonds is 7. The Bertz CT molecular complexity index is 771. The van der Waals surface area contributed by atoms with Crippen LogP contribution in [0.25, 0.3) is 0 Å². The van der Waals surface area contributed by atoms with Gasteiger partial charge in [-0.25, -0.2) is 0 Å². The van der Waals surface area contributed by atoms with Crippen LogP contribution in [-0.2, 0) is 4.79 Å². The molecule has 26 heavy (non-hydrogen) atoms. The van der Waals surface area contributed by atoms with Crippen molar-refractivity contribution in [2.45, 2.75) is 33.8 Å². The van der Waals surface area contributed by atoms with Crippen molar-refractivity contribution in [2.24, 2.45) is 5.92 Å². The van der Waals surface area contributed by atoms with Gasteiger partial charge in [-0.2, -0.15) is 0 Å². The van der Waals surface area contributed by atoms with E-state index in [1.165, 1.54) is 0 Å². The second-order valence-electron chi connectivity index (χ2n) is 6.66. The Morgan fingerprint density at radius 2 is 1.65 bits per heavy atom. The summed E-state index contributed by atoms with van der Waals surface area (Å²) in [6.07, 6.45) is -0.692. The van der Waals surface area contributed by atoms with Crippen LogP contribution in [0.4, 0.5) is 5.69 Å². The summed E-state index contributed by atoms with van der Waals surface area (Å²) in [5.74, 6) is 0.501. The number of ether oxygens (including phenoxy) is 1. The van der Waals surface area contributed by atoms with E-state index in [2.05, 4.69) is 10.6 Å².